The number of carbonyl (C=O) groups excluding carboxylic acids is 2. The molecule has 12 heteroatoms. The second-order valence-electron chi connectivity index (χ2n) is 11.5. The number of fused-ring (bicyclic) bond motifs is 2. The zero-order chi connectivity index (χ0) is 31.4. The van der Waals surface area contributed by atoms with Gasteiger partial charge in [-0.1, -0.05) is 6.07 Å². The molecule has 5 heterocycles. The van der Waals surface area contributed by atoms with Gasteiger partial charge in [-0.25, -0.2) is 15.0 Å². The van der Waals surface area contributed by atoms with E-state index >= 15 is 0 Å². The number of pyridine rings is 2. The number of benzene rings is 2. The molecule has 0 spiro atoms. The lowest BCUT2D eigenvalue weighted by molar-refractivity contribution is -0.0285. The highest BCUT2D eigenvalue weighted by Crippen LogP contribution is 2.36. The summed E-state index contributed by atoms with van der Waals surface area (Å²) in [5.41, 5.74) is 13.2. The molecule has 1 atom stereocenters. The molecule has 2 aliphatic rings. The van der Waals surface area contributed by atoms with Gasteiger partial charge in [-0.3, -0.25) is 18.8 Å². The van der Waals surface area contributed by atoms with Crippen molar-refractivity contribution in [2.75, 3.05) is 18.9 Å². The number of anilines is 1. The van der Waals surface area contributed by atoms with Gasteiger partial charge in [0.05, 0.1) is 42.1 Å². The molecule has 1 fully saturated rings. The van der Waals surface area contributed by atoms with Crippen LogP contribution in [-0.2, 0) is 11.2 Å². The number of phenols is 1. The number of hydrogen-bond donors (Lipinski definition) is 3. The highest BCUT2D eigenvalue weighted by molar-refractivity contribution is 5.96. The standard InChI is InChI=1S/C34H28N8O4/c35-31-25(2-1-12-36-31)32-38-29-9-8-27(28-11-13-41(40-28)23-17-46-18-23)37-33(29)42(32)22-5-6-24-19(15-22)3-7-26(24)39-34(45)20-4-10-30(44)21(14-20)16-43/h1-2,4-6,8-16,23,26,44H,3,7,17-18H2,(H2,35,36)(H,39,45)/t26-/m0/s1. The van der Waals surface area contributed by atoms with Gasteiger partial charge in [0.1, 0.15) is 22.8 Å². The van der Waals surface area contributed by atoms with Gasteiger partial charge in [0, 0.05) is 23.6 Å². The van der Waals surface area contributed by atoms with Gasteiger partial charge in [-0.15, -0.1) is 0 Å². The third kappa shape index (κ3) is 4.66. The molecule has 46 heavy (non-hydrogen) atoms. The molecule has 1 saturated heterocycles. The van der Waals surface area contributed by atoms with Crippen molar-refractivity contribution in [1.29, 1.82) is 0 Å². The fraction of sp³-hybridized carbons (Fsp3) is 0.176. The summed E-state index contributed by atoms with van der Waals surface area (Å²) in [5, 5.41) is 17.7. The molecule has 1 aliphatic heterocycles. The number of aromatic hydroxyl groups is 1. The van der Waals surface area contributed by atoms with Gasteiger partial charge in [0.2, 0.25) is 0 Å². The smallest absolute Gasteiger partial charge is 0.251 e. The van der Waals surface area contributed by atoms with Crippen LogP contribution in [-0.4, -0.2) is 59.8 Å². The molecule has 0 bridgehead atoms. The topological polar surface area (TPSA) is 163 Å². The van der Waals surface area contributed by atoms with Crippen LogP contribution in [0.3, 0.4) is 0 Å². The largest absolute Gasteiger partial charge is 0.507 e. The first-order valence-electron chi connectivity index (χ1n) is 14.9. The van der Waals surface area contributed by atoms with Gasteiger partial charge >= 0.3 is 0 Å². The van der Waals surface area contributed by atoms with Crippen LogP contribution in [0.5, 0.6) is 5.75 Å². The Labute approximate surface area is 262 Å². The van der Waals surface area contributed by atoms with E-state index in [4.69, 9.17) is 25.5 Å². The summed E-state index contributed by atoms with van der Waals surface area (Å²) in [5.74, 6) is 0.494. The average molecular weight is 613 g/mol. The maximum atomic E-state index is 13.1. The van der Waals surface area contributed by atoms with Crippen LogP contribution < -0.4 is 11.1 Å². The molecule has 6 aromatic rings. The van der Waals surface area contributed by atoms with E-state index < -0.39 is 0 Å². The van der Waals surface area contributed by atoms with Crippen LogP contribution >= 0.6 is 0 Å². The first-order chi connectivity index (χ1) is 22.5. The number of aromatic nitrogens is 6. The fourth-order valence-corrected chi connectivity index (χ4v) is 6.11. The molecule has 0 radical (unpaired) electrons. The minimum atomic E-state index is -0.316. The van der Waals surface area contributed by atoms with E-state index in [1.807, 2.05) is 57.9 Å². The van der Waals surface area contributed by atoms with Crippen LogP contribution in [0, 0.1) is 0 Å². The minimum absolute atomic E-state index is 0.0693. The van der Waals surface area contributed by atoms with Crippen molar-refractivity contribution in [3.05, 3.63) is 101 Å². The maximum Gasteiger partial charge on any atom is 0.251 e. The Kier molecular flexibility index (Phi) is 6.57. The SMILES string of the molecule is Nc1ncccc1-c1nc2ccc(-c3ccn(C4COC4)n3)nc2n1-c1ccc2c(c1)CC[C@@H]2NC(=O)c1ccc(O)c(C=O)c1. The van der Waals surface area contributed by atoms with Crippen LogP contribution in [0.4, 0.5) is 5.82 Å². The molecule has 1 amide bonds. The lowest BCUT2D eigenvalue weighted by Gasteiger charge is -2.25. The van der Waals surface area contributed by atoms with Gasteiger partial charge in [-0.05, 0) is 84.6 Å². The first-order valence-corrected chi connectivity index (χ1v) is 14.9. The summed E-state index contributed by atoms with van der Waals surface area (Å²) in [7, 11) is 0. The second-order valence-corrected chi connectivity index (χ2v) is 11.5. The van der Waals surface area contributed by atoms with Crippen molar-refractivity contribution >= 4 is 29.2 Å². The number of aldehydes is 1. The van der Waals surface area contributed by atoms with E-state index in [0.29, 0.717) is 65.5 Å². The van der Waals surface area contributed by atoms with Crippen molar-refractivity contribution in [2.24, 2.45) is 0 Å². The monoisotopic (exact) mass is 612 g/mol. The number of nitrogen functional groups attached to an aromatic ring is 1. The van der Waals surface area contributed by atoms with Crippen molar-refractivity contribution in [3.8, 4) is 34.2 Å². The molecular formula is C34H28N8O4. The Hall–Kier alpha value is -5.88. The molecule has 4 aromatic heterocycles. The molecule has 8 rings (SSSR count). The van der Waals surface area contributed by atoms with Crippen molar-refractivity contribution in [1.82, 2.24) is 34.6 Å². The fourth-order valence-electron chi connectivity index (χ4n) is 6.11. The van der Waals surface area contributed by atoms with Crippen molar-refractivity contribution in [3.63, 3.8) is 0 Å². The van der Waals surface area contributed by atoms with Gasteiger partial charge in [0.25, 0.3) is 5.91 Å². The summed E-state index contributed by atoms with van der Waals surface area (Å²) in [6.45, 7) is 1.30. The number of carbonyl (C=O) groups is 2. The Balaban J connectivity index is 1.18. The Morgan fingerprint density at radius 2 is 1.93 bits per heavy atom. The summed E-state index contributed by atoms with van der Waals surface area (Å²) >= 11 is 0. The predicted molar refractivity (Wildman–Crippen MR) is 170 cm³/mol. The maximum absolute atomic E-state index is 13.1. The minimum Gasteiger partial charge on any atom is -0.507 e. The van der Waals surface area contributed by atoms with E-state index in [2.05, 4.69) is 16.4 Å². The van der Waals surface area contributed by atoms with Crippen LogP contribution in [0.2, 0.25) is 0 Å². The molecule has 4 N–H and O–H groups in total. The predicted octanol–water partition coefficient (Wildman–Crippen LogP) is 4.43. The number of hydrogen-bond acceptors (Lipinski definition) is 9. The number of ether oxygens (including phenoxy) is 1. The van der Waals surface area contributed by atoms with E-state index in [1.165, 1.54) is 18.2 Å². The van der Waals surface area contributed by atoms with Crippen molar-refractivity contribution < 1.29 is 19.4 Å². The third-order valence-corrected chi connectivity index (χ3v) is 8.63. The lowest BCUT2D eigenvalue weighted by atomic mass is 10.1. The zero-order valence-electron chi connectivity index (χ0n) is 24.5. The number of nitrogens with one attached hydrogen (secondary N) is 1. The molecule has 228 valence electrons. The van der Waals surface area contributed by atoms with E-state index in [-0.39, 0.29) is 29.3 Å². The molecule has 0 unspecified atom stereocenters. The first kappa shape index (κ1) is 27.7. The average Bonchev–Trinajstić information content (AvgIpc) is 3.77. The quantitative estimate of drug-likeness (QED) is 0.221. The molecule has 12 nitrogen and oxygen atoms in total. The van der Waals surface area contributed by atoms with Crippen LogP contribution in [0.15, 0.2) is 79.1 Å². The number of amides is 1. The second kappa shape index (κ2) is 10.9. The van der Waals surface area contributed by atoms with Gasteiger partial charge in [-0.2, -0.15) is 5.10 Å². The zero-order valence-corrected chi connectivity index (χ0v) is 24.5. The third-order valence-electron chi connectivity index (χ3n) is 8.63. The Morgan fingerprint density at radius 3 is 2.74 bits per heavy atom. The molecule has 1 aliphatic carbocycles. The Morgan fingerprint density at radius 1 is 1.04 bits per heavy atom. The molecule has 2 aromatic carbocycles. The van der Waals surface area contributed by atoms with Crippen molar-refractivity contribution in [2.45, 2.75) is 24.9 Å². The van der Waals surface area contributed by atoms with E-state index in [9.17, 15) is 14.7 Å². The number of nitrogens with two attached hydrogens (primary N) is 1. The van der Waals surface area contributed by atoms with Gasteiger partial charge in [0.15, 0.2) is 17.8 Å². The summed E-state index contributed by atoms with van der Waals surface area (Å²) in [6, 6.07) is 19.9. The molecule has 0 saturated carbocycles. The van der Waals surface area contributed by atoms with E-state index in [1.54, 1.807) is 6.20 Å². The lowest BCUT2D eigenvalue weighted by Crippen LogP contribution is -2.30. The van der Waals surface area contributed by atoms with Gasteiger partial charge < -0.3 is 20.9 Å². The highest BCUT2D eigenvalue weighted by atomic mass is 16.5. The highest BCUT2D eigenvalue weighted by Gasteiger charge is 2.27. The number of phenolic OH excluding ortho intramolecular Hbond substituents is 1. The summed E-state index contributed by atoms with van der Waals surface area (Å²) in [6.07, 6.45) is 5.59. The summed E-state index contributed by atoms with van der Waals surface area (Å²) < 4.78 is 9.24. The molecular weight excluding hydrogens is 584 g/mol. The Bertz CT molecular complexity index is 2170. The number of rotatable bonds is 7. The number of aryl methyl sites for hydroxylation is 1. The summed E-state index contributed by atoms with van der Waals surface area (Å²) in [4.78, 5) is 38.6. The normalized spacial score (nSPS) is 15.9. The number of imidazole rings is 1. The van der Waals surface area contributed by atoms with Crippen LogP contribution in [0.1, 0.15) is 50.3 Å². The van der Waals surface area contributed by atoms with Crippen LogP contribution in [0.25, 0.3) is 39.6 Å². The van der Waals surface area contributed by atoms with E-state index in [0.717, 1.165) is 28.9 Å². The number of nitrogens with zero attached hydrogens (tertiary/aromatic N) is 6.